The zero-order chi connectivity index (χ0) is 18.0. The Bertz CT molecular complexity index is 498. The molecule has 0 aliphatic rings. The fraction of sp³-hybridized carbons (Fsp3) is 0. The van der Waals surface area contributed by atoms with Gasteiger partial charge in [-0.1, -0.05) is 0 Å². The molecule has 0 heterocycles. The third-order valence-corrected chi connectivity index (χ3v) is 0. The van der Waals surface area contributed by atoms with Gasteiger partial charge in [0, 0.05) is 41.6 Å². The summed E-state index contributed by atoms with van der Waals surface area (Å²) in [7, 11) is -20.7. The van der Waals surface area contributed by atoms with Gasteiger partial charge < -0.3 is 36.4 Å². The van der Waals surface area contributed by atoms with E-state index in [4.69, 9.17) is 70.1 Å². The summed E-state index contributed by atoms with van der Waals surface area (Å²) < 4.78 is 136. The van der Waals surface area contributed by atoms with E-state index in [0.717, 1.165) is 0 Å². The minimum atomic E-state index is -5.17. The van der Waals surface area contributed by atoms with Crippen LogP contribution < -0.4 is 367 Å². The van der Waals surface area contributed by atoms with Gasteiger partial charge in [0.1, 0.15) is 0 Å². The maximum atomic E-state index is 8.52. The van der Waals surface area contributed by atoms with Crippen molar-refractivity contribution in [1.29, 1.82) is 0 Å². The van der Waals surface area contributed by atoms with E-state index in [1.54, 1.807) is 0 Å². The van der Waals surface area contributed by atoms with Gasteiger partial charge in [0.25, 0.3) is 0 Å². The van der Waals surface area contributed by atoms with Crippen LogP contribution in [0.2, 0.25) is 0 Å². The van der Waals surface area contributed by atoms with E-state index in [1.807, 2.05) is 0 Å². The quantitative estimate of drug-likeness (QED) is 0.132. The summed E-state index contributed by atoms with van der Waals surface area (Å²) in [5, 5.41) is 0. The van der Waals surface area contributed by atoms with E-state index >= 15 is 0 Å². The van der Waals surface area contributed by atoms with Crippen molar-refractivity contribution in [2.24, 2.45) is 0 Å². The van der Waals surface area contributed by atoms with Gasteiger partial charge in [-0.25, -0.2) is 0 Å². The van der Waals surface area contributed by atoms with Crippen LogP contribution in [0.4, 0.5) is 0 Å². The monoisotopic (exact) mass is 664 g/mol. The van der Waals surface area contributed by atoms with Crippen LogP contribution in [0.1, 0.15) is 0 Å². The second kappa shape index (κ2) is 42.8. The first-order valence-corrected chi connectivity index (χ1v) is 8.00. The van der Waals surface area contributed by atoms with Crippen molar-refractivity contribution < 1.29 is 438 Å². The molecular weight excluding hydrogens is 665 g/mol. The molecule has 0 amide bonds. The van der Waals surface area contributed by atoms with Gasteiger partial charge in [0.2, 0.25) is 0 Å². The van der Waals surface area contributed by atoms with Crippen LogP contribution in [0.25, 0.3) is 0 Å². The zero-order valence-corrected chi connectivity index (χ0v) is 42.2. The van der Waals surface area contributed by atoms with Crippen molar-refractivity contribution >= 4 is 41.6 Å². The van der Waals surface area contributed by atoms with Crippen LogP contribution in [-0.2, 0) is 41.6 Å². The summed E-state index contributed by atoms with van der Waals surface area (Å²) in [6.45, 7) is 0. The van der Waals surface area contributed by atoms with Gasteiger partial charge in [-0.3, -0.25) is 33.7 Å². The molecule has 0 saturated carbocycles. The molecule has 0 spiro atoms. The molecule has 0 aromatic heterocycles. The molecule has 28 heavy (non-hydrogen) atoms. The fourth-order valence-corrected chi connectivity index (χ4v) is 0. The second-order valence-electron chi connectivity index (χ2n) is 1.63. The standard InChI is InChI=1S/6K.2Na.4H2O4S/c;;;;;;;;4*1-5(2,3)4/h;;;;;;;;4*(H2,1,2,3,4)/q8*+1;;;;/p-8. The minimum Gasteiger partial charge on any atom is -0.759 e. The molecule has 0 fully saturated rings. The second-order valence-corrected chi connectivity index (χ2v) is 4.90. The summed E-state index contributed by atoms with van der Waals surface area (Å²) in [6.07, 6.45) is 0. The molecule has 0 unspecified atom stereocenters. The summed E-state index contributed by atoms with van der Waals surface area (Å²) in [6, 6.07) is 0. The molecule has 0 aliphatic carbocycles. The van der Waals surface area contributed by atoms with Crippen LogP contribution in [0.3, 0.4) is 0 Å². The van der Waals surface area contributed by atoms with Crippen LogP contribution >= 0.6 is 0 Å². The Morgan fingerprint density at radius 1 is 0.286 bits per heavy atom. The molecule has 0 N–H and O–H groups in total. The molecular formula is K6Na2O16S4. The SMILES string of the molecule is O=S(=O)([O-])[O-].O=S(=O)([O-])[O-].O=S(=O)([O-])[O-].O=S(=O)([O-])[O-].[K+].[K+].[K+].[K+].[K+].[K+].[Na+].[Na+]. The molecule has 0 aliphatic heterocycles. The van der Waals surface area contributed by atoms with Crippen molar-refractivity contribution in [1.82, 2.24) is 0 Å². The van der Waals surface area contributed by atoms with Crippen molar-refractivity contribution in [2.75, 3.05) is 0 Å². The van der Waals surface area contributed by atoms with Crippen LogP contribution in [0.5, 0.6) is 0 Å². The van der Waals surface area contributed by atoms with E-state index in [-0.39, 0.29) is 367 Å². The molecule has 0 rings (SSSR count). The van der Waals surface area contributed by atoms with Crippen molar-refractivity contribution in [3.8, 4) is 0 Å². The molecule has 128 valence electrons. The van der Waals surface area contributed by atoms with Crippen LogP contribution in [0, 0.1) is 0 Å². The van der Waals surface area contributed by atoms with Crippen molar-refractivity contribution in [3.63, 3.8) is 0 Å². The van der Waals surface area contributed by atoms with Crippen LogP contribution in [0.15, 0.2) is 0 Å². The minimum absolute atomic E-state index is 0. The number of hydrogen-bond donors (Lipinski definition) is 0. The first-order valence-electron chi connectivity index (χ1n) is 2.67. The van der Waals surface area contributed by atoms with Gasteiger partial charge in [0.05, 0.1) is 0 Å². The predicted octanol–water partition coefficient (Wildman–Crippen LogP) is -29.3. The normalized spacial score (nSPS) is 8.29. The van der Waals surface area contributed by atoms with E-state index in [2.05, 4.69) is 0 Å². The molecule has 0 aromatic rings. The Morgan fingerprint density at radius 3 is 0.286 bits per heavy atom. The van der Waals surface area contributed by atoms with Crippen molar-refractivity contribution in [2.45, 2.75) is 0 Å². The van der Waals surface area contributed by atoms with Gasteiger partial charge in [-0.2, -0.15) is 0 Å². The topological polar surface area (TPSA) is 321 Å². The van der Waals surface area contributed by atoms with Crippen molar-refractivity contribution in [3.05, 3.63) is 0 Å². The number of rotatable bonds is 0. The number of hydrogen-bond acceptors (Lipinski definition) is 16. The van der Waals surface area contributed by atoms with E-state index in [9.17, 15) is 0 Å². The largest absolute Gasteiger partial charge is 1.00 e. The molecule has 0 bridgehead atoms. The van der Waals surface area contributed by atoms with E-state index in [1.165, 1.54) is 0 Å². The average Bonchev–Trinajstić information content (AvgIpc) is 1.62. The van der Waals surface area contributed by atoms with E-state index in [0.29, 0.717) is 0 Å². The maximum absolute atomic E-state index is 8.52. The summed E-state index contributed by atoms with van der Waals surface area (Å²) in [4.78, 5) is 0. The summed E-state index contributed by atoms with van der Waals surface area (Å²) in [5.41, 5.74) is 0. The molecule has 28 heteroatoms. The van der Waals surface area contributed by atoms with E-state index < -0.39 is 41.6 Å². The van der Waals surface area contributed by atoms with Crippen LogP contribution in [-0.4, -0.2) is 70.1 Å². The molecule has 0 radical (unpaired) electrons. The Hall–Kier alpha value is 11.3. The third kappa shape index (κ3) is 385. The average molecular weight is 665 g/mol. The Balaban J connectivity index is -0.0000000111. The third-order valence-electron chi connectivity index (χ3n) is 0. The van der Waals surface area contributed by atoms with Gasteiger partial charge in [-0.15, -0.1) is 0 Å². The predicted molar refractivity (Wildman–Crippen MR) is 41.9 cm³/mol. The first kappa shape index (κ1) is 77.4. The molecule has 0 atom stereocenters. The Labute approximate surface area is 462 Å². The van der Waals surface area contributed by atoms with Gasteiger partial charge in [0.15, 0.2) is 0 Å². The smallest absolute Gasteiger partial charge is 0.759 e. The molecule has 0 aromatic carbocycles. The maximum Gasteiger partial charge on any atom is 1.00 e. The summed E-state index contributed by atoms with van der Waals surface area (Å²) >= 11 is 0. The zero-order valence-electron chi connectivity index (χ0n) is 16.2. The molecule has 0 saturated heterocycles. The Kier molecular flexibility index (Phi) is 118. The fourth-order valence-electron chi connectivity index (χ4n) is 0. The Morgan fingerprint density at radius 2 is 0.286 bits per heavy atom. The first-order chi connectivity index (χ1) is 8.00. The summed E-state index contributed by atoms with van der Waals surface area (Å²) in [5.74, 6) is 0. The van der Waals surface area contributed by atoms with Gasteiger partial charge in [-0.05, 0) is 0 Å². The van der Waals surface area contributed by atoms with Gasteiger partial charge >= 0.3 is 367 Å². The molecule has 16 nitrogen and oxygen atoms in total.